The third kappa shape index (κ3) is 16.0. The monoisotopic (exact) mass is 1050 g/mol. The molecule has 2 heterocycles. The maximum Gasteiger partial charge on any atom is 0.329 e. The van der Waals surface area contributed by atoms with E-state index in [1.54, 1.807) is 50.3 Å². The number of hydrogen-bond acceptors (Lipinski definition) is 15. The summed E-state index contributed by atoms with van der Waals surface area (Å²) in [4.78, 5) is 129. The Morgan fingerprint density at radius 3 is 2.12 bits per heavy atom. The van der Waals surface area contributed by atoms with Crippen LogP contribution in [-0.4, -0.2) is 169 Å². The third-order valence-electron chi connectivity index (χ3n) is 14.0. The second kappa shape index (κ2) is 27.0. The van der Waals surface area contributed by atoms with Crippen molar-refractivity contribution in [2.24, 2.45) is 17.6 Å². The van der Waals surface area contributed by atoms with Crippen LogP contribution >= 0.6 is 0 Å². The quantitative estimate of drug-likeness (QED) is 0.0670. The van der Waals surface area contributed by atoms with Crippen molar-refractivity contribution in [3.05, 3.63) is 77.9 Å². The summed E-state index contributed by atoms with van der Waals surface area (Å²) in [5, 5.41) is 66.2. The molecular formula is C52H72N8O15. The molecule has 75 heavy (non-hydrogen) atoms. The molecule has 14 unspecified atom stereocenters. The minimum Gasteiger partial charge on any atom is -0.508 e. The molecule has 2 aliphatic heterocycles. The first-order valence-corrected chi connectivity index (χ1v) is 25.3. The van der Waals surface area contributed by atoms with Crippen molar-refractivity contribution in [1.82, 2.24) is 36.4 Å². The number of carbonyl (C=O) groups is 9. The van der Waals surface area contributed by atoms with Gasteiger partial charge in [-0.15, -0.1) is 0 Å². The average molecular weight is 1050 g/mol. The van der Waals surface area contributed by atoms with E-state index in [9.17, 15) is 68.7 Å². The lowest BCUT2D eigenvalue weighted by atomic mass is 9.88. The van der Waals surface area contributed by atoms with E-state index in [1.165, 1.54) is 51.2 Å². The molecule has 1 aliphatic carbocycles. The van der Waals surface area contributed by atoms with Crippen LogP contribution in [0.4, 0.5) is 0 Å². The SMILES string of the molecule is CCC(C)C1NC(=O)C(Cc2ccccc2)N(C)C(=O)C(C(C)O)N2C(=O)C(CCC2O)NC(=O)C(CC2C=CC(O)CC2)NC(=O)C(NC(=O)C(CCC(N)=O)NC(=O)C(O)Cc2ccc(O)cc2)C(C)OC1=O. The predicted molar refractivity (Wildman–Crippen MR) is 268 cm³/mol. The van der Waals surface area contributed by atoms with Crippen LogP contribution in [0, 0.1) is 11.8 Å². The Kier molecular flexibility index (Phi) is 21.2. The van der Waals surface area contributed by atoms with E-state index in [1.807, 2.05) is 0 Å². The number of carbonyl (C=O) groups excluding carboxylic acids is 9. The molecule has 23 nitrogen and oxygen atoms in total. The maximum absolute atomic E-state index is 14.8. The molecule has 0 saturated carbocycles. The van der Waals surface area contributed by atoms with Gasteiger partial charge in [0.1, 0.15) is 66.5 Å². The Balaban J connectivity index is 1.59. The van der Waals surface area contributed by atoms with E-state index in [-0.39, 0.29) is 44.3 Å². The fraction of sp³-hybridized carbons (Fsp3) is 0.558. The Morgan fingerprint density at radius 2 is 1.51 bits per heavy atom. The number of primary amides is 1. The van der Waals surface area contributed by atoms with Gasteiger partial charge in [-0.2, -0.15) is 0 Å². The third-order valence-corrected chi connectivity index (χ3v) is 14.0. The highest BCUT2D eigenvalue weighted by atomic mass is 16.5. The van der Waals surface area contributed by atoms with Gasteiger partial charge < -0.3 is 72.4 Å². The van der Waals surface area contributed by atoms with Crippen LogP contribution in [0.3, 0.4) is 0 Å². The number of nitrogens with two attached hydrogens (primary N) is 1. The number of allylic oxidation sites excluding steroid dienone is 1. The fourth-order valence-corrected chi connectivity index (χ4v) is 9.32. The Hall–Kier alpha value is -6.95. The number of nitrogens with one attached hydrogen (secondary N) is 5. The van der Waals surface area contributed by atoms with Gasteiger partial charge in [-0.25, -0.2) is 4.79 Å². The molecule has 5 rings (SSSR count). The first-order valence-electron chi connectivity index (χ1n) is 25.3. The van der Waals surface area contributed by atoms with Gasteiger partial charge in [-0.1, -0.05) is 74.9 Å². The number of aliphatic hydroxyl groups is 4. The number of benzene rings is 2. The fourth-order valence-electron chi connectivity index (χ4n) is 9.32. The number of aliphatic hydroxyl groups excluding tert-OH is 4. The van der Waals surface area contributed by atoms with Crippen LogP contribution < -0.4 is 32.3 Å². The van der Waals surface area contributed by atoms with Crippen LogP contribution in [0.2, 0.25) is 0 Å². The molecule has 0 aromatic heterocycles. The number of ether oxygens (including phenoxy) is 1. The number of esters is 1. The van der Waals surface area contributed by atoms with Gasteiger partial charge in [0, 0.05) is 26.3 Å². The van der Waals surface area contributed by atoms with E-state index in [0.29, 0.717) is 24.0 Å². The summed E-state index contributed by atoms with van der Waals surface area (Å²) in [6.07, 6.45) is -5.11. The van der Waals surface area contributed by atoms with Gasteiger partial charge >= 0.3 is 5.97 Å². The molecule has 410 valence electrons. The number of aromatic hydroxyl groups is 1. The predicted octanol–water partition coefficient (Wildman–Crippen LogP) is -1.55. The largest absolute Gasteiger partial charge is 0.508 e. The molecule has 0 spiro atoms. The number of nitrogens with zero attached hydrogens (tertiary/aromatic N) is 2. The van der Waals surface area contributed by atoms with Crippen molar-refractivity contribution in [1.29, 1.82) is 0 Å². The molecular weight excluding hydrogens is 977 g/mol. The van der Waals surface area contributed by atoms with Crippen LogP contribution in [0.15, 0.2) is 66.7 Å². The summed E-state index contributed by atoms with van der Waals surface area (Å²) in [6.45, 7) is 5.84. The standard InChI is InChI=1S/C52H72N8O15/c1-6-27(2)42-52(74)75-29(4)43(58-45(67)35(20-22-40(53)65)54-48(70)39(64)26-32-14-18-34(63)19-15-32)49(71)56-37(24-31-12-16-33(62)17-13-31)46(68)55-36-21-23-41(66)60(50(36)72)44(28(3)61)51(73)59(5)38(47(69)57-42)25-30-10-8-7-9-11-30/h7-12,14-16,18-19,27-29,31,33,35-39,41-44,61-64,66H,6,13,17,20-26H2,1-5H3,(H2,53,65)(H,54,70)(H,55,68)(H,56,71)(H,57,69)(H,58,67). The number of amides is 8. The average Bonchev–Trinajstić information content (AvgIpc) is 3.37. The zero-order valence-electron chi connectivity index (χ0n) is 42.8. The molecule has 12 N–H and O–H groups in total. The molecule has 14 atom stereocenters. The number of rotatable bonds is 16. The molecule has 2 aromatic rings. The summed E-state index contributed by atoms with van der Waals surface area (Å²) in [5.74, 6) is -10.1. The number of piperidine rings is 1. The van der Waals surface area contributed by atoms with Gasteiger partial charge in [-0.05, 0) is 87.5 Å². The lowest BCUT2D eigenvalue weighted by Crippen LogP contribution is -2.67. The number of fused-ring (bicyclic) bond motifs is 2. The van der Waals surface area contributed by atoms with Crippen molar-refractivity contribution in [3.8, 4) is 5.75 Å². The maximum atomic E-state index is 14.8. The van der Waals surface area contributed by atoms with E-state index < -0.39 is 151 Å². The first kappa shape index (κ1) is 58.9. The van der Waals surface area contributed by atoms with Gasteiger partial charge in [0.25, 0.3) is 0 Å². The number of likely N-dealkylation sites (N-methyl/N-ethyl adjacent to an activating group) is 1. The van der Waals surface area contributed by atoms with Crippen LogP contribution in [0.5, 0.6) is 5.75 Å². The van der Waals surface area contributed by atoms with Crippen LogP contribution in [0.25, 0.3) is 0 Å². The second-order valence-corrected chi connectivity index (χ2v) is 19.7. The number of cyclic esters (lactones) is 1. The van der Waals surface area contributed by atoms with E-state index in [0.717, 1.165) is 9.80 Å². The van der Waals surface area contributed by atoms with E-state index >= 15 is 0 Å². The summed E-state index contributed by atoms with van der Waals surface area (Å²) in [5.41, 5.74) is 6.45. The summed E-state index contributed by atoms with van der Waals surface area (Å²) in [7, 11) is 1.27. The van der Waals surface area contributed by atoms with Gasteiger partial charge in [-0.3, -0.25) is 38.4 Å². The molecule has 2 aromatic carbocycles. The van der Waals surface area contributed by atoms with Gasteiger partial charge in [0.2, 0.25) is 47.3 Å². The van der Waals surface area contributed by atoms with Crippen molar-refractivity contribution < 1.29 is 73.4 Å². The minimum atomic E-state index is -1.91. The van der Waals surface area contributed by atoms with Gasteiger partial charge in [0.15, 0.2) is 0 Å². The number of phenolic OH excluding ortho intramolecular Hbond substituents is 1. The number of phenols is 1. The lowest BCUT2D eigenvalue weighted by molar-refractivity contribution is -0.170. The summed E-state index contributed by atoms with van der Waals surface area (Å²) < 4.78 is 5.93. The van der Waals surface area contributed by atoms with Gasteiger partial charge in [0.05, 0.1) is 12.2 Å². The number of hydrogen-bond donors (Lipinski definition) is 11. The summed E-state index contributed by atoms with van der Waals surface area (Å²) in [6, 6.07) is 2.96. The van der Waals surface area contributed by atoms with Crippen molar-refractivity contribution in [2.45, 2.75) is 165 Å². The summed E-state index contributed by atoms with van der Waals surface area (Å²) >= 11 is 0. The minimum absolute atomic E-state index is 0.0615. The Morgan fingerprint density at radius 1 is 0.827 bits per heavy atom. The molecule has 8 amide bonds. The molecule has 23 heteroatoms. The van der Waals surface area contributed by atoms with Crippen LogP contribution in [0.1, 0.15) is 90.2 Å². The highest BCUT2D eigenvalue weighted by Gasteiger charge is 2.47. The molecule has 3 aliphatic rings. The van der Waals surface area contributed by atoms with Crippen molar-refractivity contribution in [3.63, 3.8) is 0 Å². The molecule has 0 radical (unpaired) electrons. The Labute approximate surface area is 435 Å². The smallest absolute Gasteiger partial charge is 0.329 e. The van der Waals surface area contributed by atoms with Crippen molar-refractivity contribution >= 4 is 53.2 Å². The highest BCUT2D eigenvalue weighted by Crippen LogP contribution is 2.27. The zero-order chi connectivity index (χ0) is 55.3. The van der Waals surface area contributed by atoms with E-state index in [2.05, 4.69) is 26.6 Å². The highest BCUT2D eigenvalue weighted by molar-refractivity contribution is 5.98. The van der Waals surface area contributed by atoms with E-state index in [4.69, 9.17) is 10.5 Å². The first-order chi connectivity index (χ1) is 35.5. The zero-order valence-corrected chi connectivity index (χ0v) is 42.8. The molecule has 2 bridgehead atoms. The Bertz CT molecular complexity index is 2390. The second-order valence-electron chi connectivity index (χ2n) is 19.7. The lowest BCUT2D eigenvalue weighted by Gasteiger charge is -2.43. The van der Waals surface area contributed by atoms with Crippen LogP contribution in [-0.2, 0) is 60.7 Å². The topological polar surface area (TPSA) is 357 Å². The van der Waals surface area contributed by atoms with Crippen molar-refractivity contribution in [2.75, 3.05) is 7.05 Å². The molecule has 2 fully saturated rings. The molecule has 2 saturated heterocycles. The normalized spacial score (nSPS) is 27.9.